The number of carbonyl (C=O) groups is 3. The Morgan fingerprint density at radius 2 is 1.77 bits per heavy atom. The number of anilines is 1. The molecule has 2 heterocycles. The number of ether oxygens (including phenoxy) is 3. The number of nitrogens with one attached hydrogen (secondary N) is 2. The summed E-state index contributed by atoms with van der Waals surface area (Å²) in [6.07, 6.45) is -0.827. The van der Waals surface area contributed by atoms with Crippen LogP contribution in [-0.4, -0.2) is 43.6 Å². The van der Waals surface area contributed by atoms with E-state index in [0.29, 0.717) is 29.5 Å². The van der Waals surface area contributed by atoms with Gasteiger partial charge in [0.2, 0.25) is 17.9 Å². The van der Waals surface area contributed by atoms with Gasteiger partial charge in [-0.1, -0.05) is 12.1 Å². The molecule has 2 aliphatic heterocycles. The molecule has 9 nitrogen and oxygen atoms in total. The molecule has 1 saturated heterocycles. The van der Waals surface area contributed by atoms with E-state index in [4.69, 9.17) is 14.2 Å². The molecule has 9 heteroatoms. The number of hydrazine groups is 1. The van der Waals surface area contributed by atoms with E-state index in [1.165, 1.54) is 0 Å². The van der Waals surface area contributed by atoms with Crippen LogP contribution in [0.25, 0.3) is 0 Å². The average Bonchev–Trinajstić information content (AvgIpc) is 3.19. The molecule has 4 rings (SSSR count). The number of benzene rings is 2. The fourth-order valence-corrected chi connectivity index (χ4v) is 3.48. The maximum absolute atomic E-state index is 12.5. The van der Waals surface area contributed by atoms with Crippen molar-refractivity contribution >= 4 is 23.4 Å². The van der Waals surface area contributed by atoms with E-state index < -0.39 is 23.8 Å². The van der Waals surface area contributed by atoms with Crippen molar-refractivity contribution in [1.29, 1.82) is 0 Å². The minimum Gasteiger partial charge on any atom is -0.494 e. The minimum atomic E-state index is -0.888. The highest BCUT2D eigenvalue weighted by atomic mass is 16.6. The summed E-state index contributed by atoms with van der Waals surface area (Å²) in [5, 5.41) is 0. The summed E-state index contributed by atoms with van der Waals surface area (Å²) in [7, 11) is 0. The number of hydrogen-bond donors (Lipinski definition) is 2. The first kappa shape index (κ1) is 20.5. The first-order valence-electron chi connectivity index (χ1n) is 10.1. The topological polar surface area (TPSA) is 106 Å². The van der Waals surface area contributed by atoms with E-state index in [9.17, 15) is 14.4 Å². The standard InChI is InChI=1S/C22H23N3O6/c1-2-29-16-9-7-15(8-10-16)25-12-14(11-20(25)26)21(27)23-24-22(28)19-13-30-17-5-3-4-6-18(17)31-19/h3-10,14,19H,2,11-13H2,1H3,(H,23,27)(H,24,28). The molecule has 2 aliphatic rings. The van der Waals surface area contributed by atoms with E-state index in [1.807, 2.05) is 13.0 Å². The molecule has 2 aromatic rings. The Morgan fingerprint density at radius 1 is 1.06 bits per heavy atom. The molecule has 31 heavy (non-hydrogen) atoms. The number of hydrogen-bond acceptors (Lipinski definition) is 6. The van der Waals surface area contributed by atoms with Gasteiger partial charge in [0.1, 0.15) is 12.4 Å². The third kappa shape index (κ3) is 4.55. The molecular weight excluding hydrogens is 402 g/mol. The Hall–Kier alpha value is -3.75. The maximum Gasteiger partial charge on any atom is 0.283 e. The van der Waals surface area contributed by atoms with E-state index in [0.717, 1.165) is 0 Å². The zero-order valence-electron chi connectivity index (χ0n) is 17.0. The van der Waals surface area contributed by atoms with Gasteiger partial charge >= 0.3 is 0 Å². The van der Waals surface area contributed by atoms with Gasteiger partial charge in [0.15, 0.2) is 11.5 Å². The molecule has 0 radical (unpaired) electrons. The zero-order valence-corrected chi connectivity index (χ0v) is 17.0. The van der Waals surface area contributed by atoms with Gasteiger partial charge in [-0.05, 0) is 43.3 Å². The summed E-state index contributed by atoms with van der Waals surface area (Å²) in [6, 6.07) is 14.2. The van der Waals surface area contributed by atoms with Gasteiger partial charge in [-0.2, -0.15) is 0 Å². The Kier molecular flexibility index (Phi) is 5.92. The van der Waals surface area contributed by atoms with Crippen molar-refractivity contribution in [3.63, 3.8) is 0 Å². The van der Waals surface area contributed by atoms with E-state index in [-0.39, 0.29) is 25.5 Å². The van der Waals surface area contributed by atoms with Gasteiger partial charge in [0, 0.05) is 18.7 Å². The quantitative estimate of drug-likeness (QED) is 0.702. The second-order valence-corrected chi connectivity index (χ2v) is 7.18. The third-order valence-electron chi connectivity index (χ3n) is 5.07. The Balaban J connectivity index is 1.29. The number of nitrogens with zero attached hydrogens (tertiary/aromatic N) is 1. The maximum atomic E-state index is 12.5. The first-order valence-corrected chi connectivity index (χ1v) is 10.1. The molecule has 3 amide bonds. The smallest absolute Gasteiger partial charge is 0.283 e. The summed E-state index contributed by atoms with van der Waals surface area (Å²) in [4.78, 5) is 38.8. The summed E-state index contributed by atoms with van der Waals surface area (Å²) >= 11 is 0. The second-order valence-electron chi connectivity index (χ2n) is 7.18. The van der Waals surface area contributed by atoms with Crippen molar-refractivity contribution < 1.29 is 28.6 Å². The normalized spacial score (nSPS) is 19.6. The molecule has 2 N–H and O–H groups in total. The van der Waals surface area contributed by atoms with E-state index in [1.54, 1.807) is 47.4 Å². The van der Waals surface area contributed by atoms with Crippen LogP contribution >= 0.6 is 0 Å². The van der Waals surface area contributed by atoms with Crippen molar-refractivity contribution in [3.05, 3.63) is 48.5 Å². The molecular formula is C22H23N3O6. The molecule has 0 aromatic heterocycles. The van der Waals surface area contributed by atoms with E-state index >= 15 is 0 Å². The number of carbonyl (C=O) groups excluding carboxylic acids is 3. The van der Waals surface area contributed by atoms with Crippen molar-refractivity contribution in [2.45, 2.75) is 19.4 Å². The molecule has 0 aliphatic carbocycles. The van der Waals surface area contributed by atoms with Crippen molar-refractivity contribution in [3.8, 4) is 17.2 Å². The van der Waals surface area contributed by atoms with Gasteiger partial charge in [0.25, 0.3) is 5.91 Å². The molecule has 0 bridgehead atoms. The van der Waals surface area contributed by atoms with Crippen LogP contribution in [0.4, 0.5) is 5.69 Å². The van der Waals surface area contributed by atoms with Crippen molar-refractivity contribution in [2.75, 3.05) is 24.7 Å². The Bertz CT molecular complexity index is 977. The lowest BCUT2D eigenvalue weighted by molar-refractivity contribution is -0.136. The molecule has 0 saturated carbocycles. The van der Waals surface area contributed by atoms with Gasteiger partial charge < -0.3 is 19.1 Å². The Morgan fingerprint density at radius 3 is 2.52 bits per heavy atom. The second kappa shape index (κ2) is 8.95. The molecule has 0 spiro atoms. The van der Waals surface area contributed by atoms with Gasteiger partial charge in [-0.3, -0.25) is 25.2 Å². The largest absolute Gasteiger partial charge is 0.494 e. The van der Waals surface area contributed by atoms with Crippen LogP contribution in [0.5, 0.6) is 17.2 Å². The fourth-order valence-electron chi connectivity index (χ4n) is 3.48. The number of rotatable bonds is 5. The molecule has 2 atom stereocenters. The predicted octanol–water partition coefficient (Wildman–Crippen LogP) is 1.43. The predicted molar refractivity (Wildman–Crippen MR) is 111 cm³/mol. The fraction of sp³-hybridized carbons (Fsp3) is 0.318. The lowest BCUT2D eigenvalue weighted by Crippen LogP contribution is -2.52. The summed E-state index contributed by atoms with van der Waals surface area (Å²) in [6.45, 7) is 2.71. The third-order valence-corrected chi connectivity index (χ3v) is 5.07. The van der Waals surface area contributed by atoms with Crippen LogP contribution in [-0.2, 0) is 14.4 Å². The van der Waals surface area contributed by atoms with Crippen LogP contribution in [0, 0.1) is 5.92 Å². The number of para-hydroxylation sites is 2. The van der Waals surface area contributed by atoms with Gasteiger partial charge in [-0.25, -0.2) is 0 Å². The number of fused-ring (bicyclic) bond motifs is 1. The average molecular weight is 425 g/mol. The highest BCUT2D eigenvalue weighted by Gasteiger charge is 2.36. The van der Waals surface area contributed by atoms with E-state index in [2.05, 4.69) is 10.9 Å². The van der Waals surface area contributed by atoms with Crippen LogP contribution in [0.15, 0.2) is 48.5 Å². The minimum absolute atomic E-state index is 0.0339. The molecule has 1 fully saturated rings. The van der Waals surface area contributed by atoms with Crippen LogP contribution in [0.1, 0.15) is 13.3 Å². The molecule has 2 aromatic carbocycles. The monoisotopic (exact) mass is 425 g/mol. The highest BCUT2D eigenvalue weighted by Crippen LogP contribution is 2.31. The summed E-state index contributed by atoms with van der Waals surface area (Å²) in [5.41, 5.74) is 5.45. The lowest BCUT2D eigenvalue weighted by Gasteiger charge is -2.25. The van der Waals surface area contributed by atoms with Gasteiger partial charge in [-0.15, -0.1) is 0 Å². The van der Waals surface area contributed by atoms with Crippen LogP contribution in [0.2, 0.25) is 0 Å². The number of amides is 3. The first-order chi connectivity index (χ1) is 15.0. The molecule has 2 unspecified atom stereocenters. The molecule has 162 valence electrons. The Labute approximate surface area is 179 Å². The SMILES string of the molecule is CCOc1ccc(N2CC(C(=O)NNC(=O)C3COc4ccccc4O3)CC2=O)cc1. The van der Waals surface area contributed by atoms with Crippen LogP contribution in [0.3, 0.4) is 0 Å². The van der Waals surface area contributed by atoms with Crippen molar-refractivity contribution in [2.24, 2.45) is 5.92 Å². The van der Waals surface area contributed by atoms with Gasteiger partial charge in [0.05, 0.1) is 12.5 Å². The van der Waals surface area contributed by atoms with Crippen molar-refractivity contribution in [1.82, 2.24) is 10.9 Å². The summed E-state index contributed by atoms with van der Waals surface area (Å²) in [5.74, 6) is 0.0381. The zero-order chi connectivity index (χ0) is 21.8. The summed E-state index contributed by atoms with van der Waals surface area (Å²) < 4.78 is 16.5. The van der Waals surface area contributed by atoms with Crippen LogP contribution < -0.4 is 30.0 Å². The lowest BCUT2D eigenvalue weighted by atomic mass is 10.1. The highest BCUT2D eigenvalue weighted by molar-refractivity contribution is 6.00.